The van der Waals surface area contributed by atoms with Crippen LogP contribution in [0.1, 0.15) is 39.0 Å². The molecule has 0 aromatic heterocycles. The maximum absolute atomic E-state index is 12.8. The van der Waals surface area contributed by atoms with Gasteiger partial charge in [0.15, 0.2) is 5.96 Å². The molecular formula is C20H37N7O8S. The minimum atomic E-state index is -1.49. The smallest absolute Gasteiger partial charge is 0.326 e. The molecule has 0 spiro atoms. The molecule has 0 saturated carbocycles. The number of aliphatic hydroxyl groups is 1. The van der Waals surface area contributed by atoms with E-state index in [1.165, 1.54) is 18.7 Å². The van der Waals surface area contributed by atoms with Crippen LogP contribution in [0.25, 0.3) is 0 Å². The van der Waals surface area contributed by atoms with Crippen molar-refractivity contribution >= 4 is 47.4 Å². The minimum absolute atomic E-state index is 0.0439. The molecule has 5 atom stereocenters. The van der Waals surface area contributed by atoms with E-state index in [0.717, 1.165) is 0 Å². The van der Waals surface area contributed by atoms with Crippen LogP contribution in [-0.2, 0) is 24.0 Å². The normalized spacial score (nSPS) is 14.9. The summed E-state index contributed by atoms with van der Waals surface area (Å²) in [6.45, 7) is 1.36. The Bertz CT molecular complexity index is 792. The first-order valence-electron chi connectivity index (χ1n) is 11.1. The van der Waals surface area contributed by atoms with E-state index >= 15 is 0 Å². The predicted molar refractivity (Wildman–Crippen MR) is 133 cm³/mol. The third-order valence-corrected chi connectivity index (χ3v) is 5.52. The molecule has 0 fully saturated rings. The number of aliphatic hydroxyl groups excluding tert-OH is 1. The molecule has 0 saturated heterocycles. The van der Waals surface area contributed by atoms with Crippen molar-refractivity contribution in [1.29, 1.82) is 0 Å². The van der Waals surface area contributed by atoms with E-state index in [-0.39, 0.29) is 31.8 Å². The summed E-state index contributed by atoms with van der Waals surface area (Å²) in [7, 11) is 0. The summed E-state index contributed by atoms with van der Waals surface area (Å²) in [6.07, 6.45) is 0.0495. The number of carbonyl (C=O) groups is 5. The van der Waals surface area contributed by atoms with Crippen LogP contribution in [0.5, 0.6) is 0 Å². The van der Waals surface area contributed by atoms with Crippen molar-refractivity contribution in [1.82, 2.24) is 16.0 Å². The number of aliphatic imine (C=N–C) groups is 1. The summed E-state index contributed by atoms with van der Waals surface area (Å²) in [5.74, 6) is -4.81. The summed E-state index contributed by atoms with van der Waals surface area (Å²) in [5, 5.41) is 35.3. The number of rotatable bonds is 18. The van der Waals surface area contributed by atoms with Crippen LogP contribution >= 0.6 is 11.8 Å². The van der Waals surface area contributed by atoms with E-state index in [4.69, 9.17) is 22.3 Å². The van der Waals surface area contributed by atoms with Crippen molar-refractivity contribution in [3.63, 3.8) is 0 Å². The standard InChI is InChI=1S/C20H37N7O8S/c1-10(28)15(27-16(31)11(21)7-9-36-2)18(33)25-12(5-6-14(29)30)17(32)26-13(19(34)35)4-3-8-24-20(22)23/h10-13,15,28H,3-9,21H2,1-2H3,(H,25,33)(H,26,32)(H,27,31)(H,29,30)(H,34,35)(H4,22,23,24). The zero-order chi connectivity index (χ0) is 27.8. The lowest BCUT2D eigenvalue weighted by atomic mass is 10.1. The van der Waals surface area contributed by atoms with Crippen molar-refractivity contribution in [2.24, 2.45) is 22.2 Å². The van der Waals surface area contributed by atoms with Gasteiger partial charge in [-0.1, -0.05) is 0 Å². The first kappa shape index (κ1) is 32.9. The average Bonchev–Trinajstić information content (AvgIpc) is 2.79. The number of hydrogen-bond donors (Lipinski definition) is 9. The Labute approximate surface area is 213 Å². The molecule has 12 N–H and O–H groups in total. The highest BCUT2D eigenvalue weighted by Crippen LogP contribution is 2.06. The molecule has 15 nitrogen and oxygen atoms in total. The van der Waals surface area contributed by atoms with Gasteiger partial charge in [0.25, 0.3) is 0 Å². The van der Waals surface area contributed by atoms with Gasteiger partial charge < -0.3 is 48.5 Å². The number of aliphatic carboxylic acids is 2. The molecule has 0 rings (SSSR count). The lowest BCUT2D eigenvalue weighted by Gasteiger charge is -2.26. The molecule has 5 unspecified atom stereocenters. The van der Waals surface area contributed by atoms with Gasteiger partial charge in [0.05, 0.1) is 12.1 Å². The lowest BCUT2D eigenvalue weighted by Crippen LogP contribution is -2.59. The van der Waals surface area contributed by atoms with Crippen LogP contribution in [0.2, 0.25) is 0 Å². The molecule has 0 aromatic rings. The molecule has 206 valence electrons. The molecule has 0 radical (unpaired) electrons. The highest BCUT2D eigenvalue weighted by Gasteiger charge is 2.32. The monoisotopic (exact) mass is 535 g/mol. The van der Waals surface area contributed by atoms with E-state index in [0.29, 0.717) is 12.2 Å². The van der Waals surface area contributed by atoms with Gasteiger partial charge >= 0.3 is 11.9 Å². The Morgan fingerprint density at radius 3 is 2.03 bits per heavy atom. The number of carboxylic acid groups (broad SMARTS) is 2. The van der Waals surface area contributed by atoms with Gasteiger partial charge in [-0.25, -0.2) is 4.79 Å². The zero-order valence-corrected chi connectivity index (χ0v) is 21.1. The van der Waals surface area contributed by atoms with Gasteiger partial charge in [0.1, 0.15) is 18.1 Å². The molecular weight excluding hydrogens is 498 g/mol. The number of nitrogens with zero attached hydrogens (tertiary/aromatic N) is 1. The Morgan fingerprint density at radius 2 is 1.53 bits per heavy atom. The number of carbonyl (C=O) groups excluding carboxylic acids is 3. The van der Waals surface area contributed by atoms with Gasteiger partial charge in [-0.3, -0.25) is 24.2 Å². The van der Waals surface area contributed by atoms with Crippen molar-refractivity contribution < 1.29 is 39.3 Å². The second-order valence-electron chi connectivity index (χ2n) is 7.96. The molecule has 0 aliphatic carbocycles. The second kappa shape index (κ2) is 17.3. The van der Waals surface area contributed by atoms with E-state index in [1.807, 2.05) is 6.26 Å². The Hall–Kier alpha value is -3.11. The van der Waals surface area contributed by atoms with Gasteiger partial charge in [0.2, 0.25) is 17.7 Å². The highest BCUT2D eigenvalue weighted by molar-refractivity contribution is 7.98. The van der Waals surface area contributed by atoms with Gasteiger partial charge in [-0.15, -0.1) is 0 Å². The summed E-state index contributed by atoms with van der Waals surface area (Å²) in [5.41, 5.74) is 16.2. The lowest BCUT2D eigenvalue weighted by molar-refractivity contribution is -0.143. The zero-order valence-electron chi connectivity index (χ0n) is 20.3. The first-order valence-corrected chi connectivity index (χ1v) is 12.5. The van der Waals surface area contributed by atoms with Gasteiger partial charge in [0, 0.05) is 13.0 Å². The summed E-state index contributed by atoms with van der Waals surface area (Å²) >= 11 is 1.47. The maximum Gasteiger partial charge on any atom is 0.326 e. The summed E-state index contributed by atoms with van der Waals surface area (Å²) < 4.78 is 0. The number of guanidine groups is 1. The number of amides is 3. The van der Waals surface area contributed by atoms with E-state index in [9.17, 15) is 34.2 Å². The first-order chi connectivity index (χ1) is 16.8. The fraction of sp³-hybridized carbons (Fsp3) is 0.700. The quantitative estimate of drug-likeness (QED) is 0.0479. The summed E-state index contributed by atoms with van der Waals surface area (Å²) in [4.78, 5) is 64.2. The third-order valence-electron chi connectivity index (χ3n) is 4.87. The van der Waals surface area contributed by atoms with Crippen molar-refractivity contribution in [2.45, 2.75) is 69.3 Å². The van der Waals surface area contributed by atoms with E-state index < -0.39 is 66.4 Å². The Morgan fingerprint density at radius 1 is 0.917 bits per heavy atom. The molecule has 36 heavy (non-hydrogen) atoms. The van der Waals surface area contributed by atoms with E-state index in [1.54, 1.807) is 0 Å². The summed E-state index contributed by atoms with van der Waals surface area (Å²) in [6, 6.07) is -5.25. The number of hydrogen-bond acceptors (Lipinski definition) is 9. The van der Waals surface area contributed by atoms with Gasteiger partial charge in [-0.2, -0.15) is 11.8 Å². The second-order valence-corrected chi connectivity index (χ2v) is 8.94. The van der Waals surface area contributed by atoms with Crippen molar-refractivity contribution in [3.8, 4) is 0 Å². The fourth-order valence-corrected chi connectivity index (χ4v) is 3.36. The molecule has 0 heterocycles. The van der Waals surface area contributed by atoms with Crippen LogP contribution in [0.3, 0.4) is 0 Å². The van der Waals surface area contributed by atoms with Crippen molar-refractivity contribution in [3.05, 3.63) is 0 Å². The molecule has 3 amide bonds. The van der Waals surface area contributed by atoms with Crippen LogP contribution in [0.15, 0.2) is 4.99 Å². The number of thioether (sulfide) groups is 1. The number of carboxylic acids is 2. The number of nitrogens with two attached hydrogens (primary N) is 3. The Balaban J connectivity index is 5.44. The topological polar surface area (TPSA) is 273 Å². The highest BCUT2D eigenvalue weighted by atomic mass is 32.2. The largest absolute Gasteiger partial charge is 0.481 e. The molecule has 16 heteroatoms. The molecule has 0 aromatic carbocycles. The maximum atomic E-state index is 12.8. The number of nitrogens with one attached hydrogen (secondary N) is 3. The fourth-order valence-electron chi connectivity index (χ4n) is 2.87. The predicted octanol–water partition coefficient (Wildman–Crippen LogP) is -3.09. The van der Waals surface area contributed by atoms with Crippen LogP contribution in [0, 0.1) is 0 Å². The van der Waals surface area contributed by atoms with Crippen LogP contribution in [-0.4, -0.2) is 99.8 Å². The molecule has 0 bridgehead atoms. The average molecular weight is 536 g/mol. The van der Waals surface area contributed by atoms with Crippen LogP contribution < -0.4 is 33.2 Å². The van der Waals surface area contributed by atoms with E-state index in [2.05, 4.69) is 20.9 Å². The Kier molecular flexibility index (Phi) is 15.8. The third kappa shape index (κ3) is 13.7. The van der Waals surface area contributed by atoms with Crippen LogP contribution in [0.4, 0.5) is 0 Å². The van der Waals surface area contributed by atoms with Gasteiger partial charge in [-0.05, 0) is 44.6 Å². The molecule has 0 aliphatic heterocycles. The molecule has 0 aliphatic rings. The van der Waals surface area contributed by atoms with Crippen molar-refractivity contribution in [2.75, 3.05) is 18.6 Å². The minimum Gasteiger partial charge on any atom is -0.481 e. The SMILES string of the molecule is CSCCC(N)C(=O)NC(C(=O)NC(CCC(=O)O)C(=O)NC(CCCN=C(N)N)C(=O)O)C(C)O.